The van der Waals surface area contributed by atoms with E-state index in [0.29, 0.717) is 28.4 Å². The van der Waals surface area contributed by atoms with Crippen LogP contribution < -0.4 is 20.2 Å². The van der Waals surface area contributed by atoms with Gasteiger partial charge in [0.25, 0.3) is 5.91 Å². The van der Waals surface area contributed by atoms with Gasteiger partial charge in [-0.1, -0.05) is 12.0 Å². The Morgan fingerprint density at radius 1 is 1.14 bits per heavy atom. The van der Waals surface area contributed by atoms with Crippen LogP contribution in [0.2, 0.25) is 0 Å². The number of terminal acetylenes is 1. The van der Waals surface area contributed by atoms with Gasteiger partial charge in [0.15, 0.2) is 11.5 Å². The normalized spacial score (nSPS) is 10.9. The lowest BCUT2D eigenvalue weighted by atomic mass is 10.1. The quantitative estimate of drug-likeness (QED) is 0.313. The first kappa shape index (κ1) is 26.4. The summed E-state index contributed by atoms with van der Waals surface area (Å²) in [5.41, 5.74) is 4.09. The number of carbonyl (C=O) groups excluding carboxylic acids is 1. The molecule has 0 fully saturated rings. The van der Waals surface area contributed by atoms with E-state index in [0.717, 1.165) is 10.6 Å². The smallest absolute Gasteiger partial charge is 0.295 e. The highest BCUT2D eigenvalue weighted by molar-refractivity contribution is 7.92. The Morgan fingerprint density at radius 3 is 2.53 bits per heavy atom. The Kier molecular flexibility index (Phi) is 8.44. The summed E-state index contributed by atoms with van der Waals surface area (Å²) in [6.07, 6.45) is 9.62. The maximum absolute atomic E-state index is 12.9. The molecule has 2 aromatic heterocycles. The minimum atomic E-state index is -3.61. The maximum Gasteiger partial charge on any atom is 0.295 e. The van der Waals surface area contributed by atoms with Crippen LogP contribution in [-0.4, -0.2) is 51.3 Å². The zero-order chi connectivity index (χ0) is 26.3. The molecule has 188 valence electrons. The number of anilines is 5. The number of nitrogens with one attached hydrogen (secondary N) is 2. The fourth-order valence-electron chi connectivity index (χ4n) is 3.20. The van der Waals surface area contributed by atoms with Gasteiger partial charge in [-0.2, -0.15) is 5.06 Å². The van der Waals surface area contributed by atoms with Gasteiger partial charge in [0.1, 0.15) is 5.69 Å². The molecule has 0 aliphatic heterocycles. The number of hydrogen-bond acceptors (Lipinski definition) is 9. The Balaban J connectivity index is 2.21. The third-order valence-corrected chi connectivity index (χ3v) is 6.15. The number of hydroxylamine groups is 1. The predicted molar refractivity (Wildman–Crippen MR) is 138 cm³/mol. The zero-order valence-electron chi connectivity index (χ0n) is 20.2. The van der Waals surface area contributed by atoms with E-state index in [1.807, 2.05) is 0 Å². The topological polar surface area (TPSA) is 126 Å². The van der Waals surface area contributed by atoms with Gasteiger partial charge in [0.2, 0.25) is 10.0 Å². The minimum absolute atomic E-state index is 0.0285. The molecular formula is C24H26N6O5S. The summed E-state index contributed by atoms with van der Waals surface area (Å²) in [4.78, 5) is 32.2. The van der Waals surface area contributed by atoms with E-state index in [4.69, 9.17) is 16.1 Å². The van der Waals surface area contributed by atoms with Gasteiger partial charge in [0, 0.05) is 25.0 Å². The molecule has 0 spiro atoms. The summed E-state index contributed by atoms with van der Waals surface area (Å²) in [5.74, 6) is 2.26. The van der Waals surface area contributed by atoms with E-state index in [1.165, 1.54) is 25.4 Å². The van der Waals surface area contributed by atoms with Gasteiger partial charge in [-0.05, 0) is 43.3 Å². The van der Waals surface area contributed by atoms with Gasteiger partial charge in [-0.25, -0.2) is 23.9 Å². The van der Waals surface area contributed by atoms with Crippen molar-refractivity contribution in [2.45, 2.75) is 6.92 Å². The number of pyridine rings is 2. The average molecular weight is 511 g/mol. The van der Waals surface area contributed by atoms with Gasteiger partial charge in [0.05, 0.1) is 37.0 Å². The first-order valence-corrected chi connectivity index (χ1v) is 12.5. The van der Waals surface area contributed by atoms with Crippen molar-refractivity contribution >= 4 is 44.5 Å². The lowest BCUT2D eigenvalue weighted by Gasteiger charge is -2.26. The van der Waals surface area contributed by atoms with E-state index in [2.05, 4.69) is 26.7 Å². The first-order valence-electron chi connectivity index (χ1n) is 10.7. The highest BCUT2D eigenvalue weighted by atomic mass is 32.2. The third-order valence-electron chi connectivity index (χ3n) is 4.96. The maximum atomic E-state index is 12.9. The van der Waals surface area contributed by atoms with Crippen LogP contribution in [0.4, 0.5) is 28.6 Å². The highest BCUT2D eigenvalue weighted by Gasteiger charge is 2.26. The second-order valence-electron chi connectivity index (χ2n) is 7.32. The monoisotopic (exact) mass is 510 g/mol. The molecular weight excluding hydrogens is 484 g/mol. The van der Waals surface area contributed by atoms with Crippen LogP contribution in [0, 0.1) is 12.3 Å². The SMILES string of the molecule is C#Cc1ccc(Nc2ccnc(C(=O)NOCC)c2N(OC)c2ccccn2)c(N(C)S(C)(=O)=O)c1. The second-order valence-corrected chi connectivity index (χ2v) is 9.33. The molecule has 0 bridgehead atoms. The Morgan fingerprint density at radius 2 is 1.92 bits per heavy atom. The summed E-state index contributed by atoms with van der Waals surface area (Å²) in [6.45, 7) is 1.97. The first-order chi connectivity index (χ1) is 17.2. The Hall–Kier alpha value is -4.18. The number of benzene rings is 1. The standard InChI is InChI=1S/C24H26N6O5S/c1-6-17-11-12-18(20(16-17)29(3)36(5,32)33)27-19-13-15-26-22(24(31)28-35-7-2)23(19)30(34-4)21-10-8-9-14-25-21/h1,8-16H,7H2,2-5H3,(H,26,27)(H,28,31). The van der Waals surface area contributed by atoms with Crippen LogP contribution in [0.5, 0.6) is 0 Å². The molecule has 11 nitrogen and oxygen atoms in total. The largest absolute Gasteiger partial charge is 0.352 e. The summed E-state index contributed by atoms with van der Waals surface area (Å²) in [5, 5.41) is 4.52. The average Bonchev–Trinajstić information content (AvgIpc) is 2.88. The molecule has 0 aliphatic rings. The van der Waals surface area contributed by atoms with E-state index in [-0.39, 0.29) is 18.0 Å². The van der Waals surface area contributed by atoms with Gasteiger partial charge >= 0.3 is 0 Å². The summed E-state index contributed by atoms with van der Waals surface area (Å²) < 4.78 is 25.7. The summed E-state index contributed by atoms with van der Waals surface area (Å²) >= 11 is 0. The summed E-state index contributed by atoms with van der Waals surface area (Å²) in [6, 6.07) is 11.7. The van der Waals surface area contributed by atoms with Crippen molar-refractivity contribution in [1.82, 2.24) is 15.4 Å². The second kappa shape index (κ2) is 11.5. The molecule has 3 rings (SSSR count). The molecule has 2 N–H and O–H groups in total. The molecule has 0 atom stereocenters. The molecule has 1 aromatic carbocycles. The van der Waals surface area contributed by atoms with E-state index < -0.39 is 15.9 Å². The number of aromatic nitrogens is 2. The van der Waals surface area contributed by atoms with Crippen molar-refractivity contribution in [3.05, 3.63) is 66.1 Å². The number of amides is 1. The molecule has 36 heavy (non-hydrogen) atoms. The van der Waals surface area contributed by atoms with E-state index >= 15 is 0 Å². The van der Waals surface area contributed by atoms with Crippen LogP contribution in [0.25, 0.3) is 0 Å². The number of carbonyl (C=O) groups is 1. The fourth-order valence-corrected chi connectivity index (χ4v) is 3.71. The molecule has 0 radical (unpaired) electrons. The van der Waals surface area contributed by atoms with Gasteiger partial charge in [-0.15, -0.1) is 6.42 Å². The molecule has 2 heterocycles. The zero-order valence-corrected chi connectivity index (χ0v) is 21.0. The van der Waals surface area contributed by atoms with Crippen LogP contribution in [0.3, 0.4) is 0 Å². The van der Waals surface area contributed by atoms with Gasteiger partial charge < -0.3 is 5.32 Å². The lowest BCUT2D eigenvalue weighted by molar-refractivity contribution is 0.0359. The molecule has 3 aromatic rings. The van der Waals surface area contributed by atoms with Gasteiger partial charge in [-0.3, -0.25) is 18.8 Å². The molecule has 1 amide bonds. The number of sulfonamides is 1. The van der Waals surface area contributed by atoms with Crippen molar-refractivity contribution in [2.24, 2.45) is 0 Å². The fraction of sp³-hybridized carbons (Fsp3) is 0.208. The predicted octanol–water partition coefficient (Wildman–Crippen LogP) is 2.98. The van der Waals surface area contributed by atoms with E-state index in [1.54, 1.807) is 55.6 Å². The van der Waals surface area contributed by atoms with Crippen molar-refractivity contribution in [1.29, 1.82) is 0 Å². The highest BCUT2D eigenvalue weighted by Crippen LogP contribution is 2.38. The molecule has 0 saturated heterocycles. The number of nitrogens with zero attached hydrogens (tertiary/aromatic N) is 4. The van der Waals surface area contributed by atoms with Crippen LogP contribution in [0.15, 0.2) is 54.9 Å². The Bertz CT molecular complexity index is 1380. The van der Waals surface area contributed by atoms with Crippen LogP contribution in [0.1, 0.15) is 23.0 Å². The van der Waals surface area contributed by atoms with Crippen LogP contribution >= 0.6 is 0 Å². The summed E-state index contributed by atoms with van der Waals surface area (Å²) in [7, 11) is -0.781. The molecule has 0 saturated carbocycles. The molecule has 0 aliphatic carbocycles. The minimum Gasteiger partial charge on any atom is -0.352 e. The van der Waals surface area contributed by atoms with Crippen molar-refractivity contribution < 1.29 is 22.9 Å². The number of hydrogen-bond donors (Lipinski definition) is 2. The molecule has 0 unspecified atom stereocenters. The molecule has 12 heteroatoms. The Labute approximate surface area is 210 Å². The number of rotatable bonds is 10. The van der Waals surface area contributed by atoms with Crippen LogP contribution in [-0.2, 0) is 19.7 Å². The van der Waals surface area contributed by atoms with E-state index in [9.17, 15) is 13.2 Å². The van der Waals surface area contributed by atoms with Crippen molar-refractivity contribution in [3.8, 4) is 12.3 Å². The van der Waals surface area contributed by atoms with Crippen molar-refractivity contribution in [3.63, 3.8) is 0 Å². The third kappa shape index (κ3) is 5.89. The lowest BCUT2D eigenvalue weighted by Crippen LogP contribution is -2.29. The van der Waals surface area contributed by atoms with Crippen molar-refractivity contribution in [2.75, 3.05) is 41.7 Å².